The van der Waals surface area contributed by atoms with Crippen LogP contribution < -0.4 is 5.32 Å². The Hall–Kier alpha value is -0.900. The molecule has 19 heavy (non-hydrogen) atoms. The third-order valence-corrected chi connectivity index (χ3v) is 4.49. The molecule has 108 valence electrons. The minimum Gasteiger partial charge on any atom is -0.312 e. The highest BCUT2D eigenvalue weighted by Crippen LogP contribution is 2.36. The maximum Gasteiger partial charge on any atom is 0.147 e. The second kappa shape index (κ2) is 6.04. The smallest absolute Gasteiger partial charge is 0.147 e. The lowest BCUT2D eigenvalue weighted by atomic mass is 9.77. The van der Waals surface area contributed by atoms with Gasteiger partial charge in [0.15, 0.2) is 0 Å². The van der Waals surface area contributed by atoms with Gasteiger partial charge < -0.3 is 5.32 Å². The van der Waals surface area contributed by atoms with Gasteiger partial charge in [-0.15, -0.1) is 0 Å². The van der Waals surface area contributed by atoms with Crippen LogP contribution in [-0.4, -0.2) is 27.4 Å². The van der Waals surface area contributed by atoms with E-state index >= 15 is 0 Å². The SMILES string of the molecule is CCNC1CCC(C(C)C)CC1n1nc(C)nc1C. The minimum atomic E-state index is 0.460. The van der Waals surface area contributed by atoms with Crippen molar-refractivity contribution in [3.05, 3.63) is 11.6 Å². The molecular formula is C15H28N4. The lowest BCUT2D eigenvalue weighted by Gasteiger charge is -2.38. The van der Waals surface area contributed by atoms with Gasteiger partial charge in [0.1, 0.15) is 11.6 Å². The van der Waals surface area contributed by atoms with E-state index in [1.807, 2.05) is 6.92 Å². The highest BCUT2D eigenvalue weighted by atomic mass is 15.4. The zero-order chi connectivity index (χ0) is 14.0. The molecule has 1 heterocycles. The van der Waals surface area contributed by atoms with E-state index in [0.717, 1.165) is 30.0 Å². The molecule has 1 N–H and O–H groups in total. The van der Waals surface area contributed by atoms with Gasteiger partial charge in [-0.2, -0.15) is 5.10 Å². The van der Waals surface area contributed by atoms with E-state index in [0.29, 0.717) is 12.1 Å². The van der Waals surface area contributed by atoms with Crippen LogP contribution in [0.2, 0.25) is 0 Å². The molecule has 0 amide bonds. The predicted molar refractivity (Wildman–Crippen MR) is 78.2 cm³/mol. The fraction of sp³-hybridized carbons (Fsp3) is 0.867. The minimum absolute atomic E-state index is 0.460. The summed E-state index contributed by atoms with van der Waals surface area (Å²) in [4.78, 5) is 4.47. The highest BCUT2D eigenvalue weighted by molar-refractivity contribution is 4.96. The number of nitrogens with one attached hydrogen (secondary N) is 1. The molecule has 0 aromatic carbocycles. The molecule has 0 spiro atoms. The summed E-state index contributed by atoms with van der Waals surface area (Å²) in [6, 6.07) is 1.00. The van der Waals surface area contributed by atoms with E-state index in [1.54, 1.807) is 0 Å². The predicted octanol–water partition coefficient (Wildman–Crippen LogP) is 2.87. The standard InChI is InChI=1S/C15H28N4/c1-6-16-14-8-7-13(10(2)3)9-15(14)19-12(5)17-11(4)18-19/h10,13-16H,6-9H2,1-5H3. The average molecular weight is 264 g/mol. The maximum absolute atomic E-state index is 4.63. The maximum atomic E-state index is 4.63. The first-order valence-corrected chi connectivity index (χ1v) is 7.66. The second-order valence-corrected chi connectivity index (χ2v) is 6.20. The monoisotopic (exact) mass is 264 g/mol. The van der Waals surface area contributed by atoms with Crippen LogP contribution in [0.15, 0.2) is 0 Å². The Morgan fingerprint density at radius 1 is 1.32 bits per heavy atom. The van der Waals surface area contributed by atoms with Crippen molar-refractivity contribution in [3.63, 3.8) is 0 Å². The first kappa shape index (κ1) is 14.5. The number of hydrogen-bond acceptors (Lipinski definition) is 3. The lowest BCUT2D eigenvalue weighted by molar-refractivity contribution is 0.161. The lowest BCUT2D eigenvalue weighted by Crippen LogP contribution is -2.43. The number of likely N-dealkylation sites (N-methyl/N-ethyl adjacent to an activating group) is 1. The van der Waals surface area contributed by atoms with Crippen LogP contribution in [0.1, 0.15) is 57.7 Å². The summed E-state index contributed by atoms with van der Waals surface area (Å²) in [5.41, 5.74) is 0. The van der Waals surface area contributed by atoms with Gasteiger partial charge in [-0.25, -0.2) is 9.67 Å². The fourth-order valence-corrected chi connectivity index (χ4v) is 3.40. The number of aromatic nitrogens is 3. The molecule has 1 aliphatic rings. The van der Waals surface area contributed by atoms with Gasteiger partial charge in [0, 0.05) is 6.04 Å². The van der Waals surface area contributed by atoms with Gasteiger partial charge in [0.05, 0.1) is 6.04 Å². The Bertz CT molecular complexity index is 410. The Kier molecular flexibility index (Phi) is 4.61. The fourth-order valence-electron chi connectivity index (χ4n) is 3.40. The molecule has 1 aliphatic carbocycles. The van der Waals surface area contributed by atoms with Gasteiger partial charge in [0.2, 0.25) is 0 Å². The zero-order valence-electron chi connectivity index (χ0n) is 13.0. The van der Waals surface area contributed by atoms with Crippen LogP contribution in [0.25, 0.3) is 0 Å². The van der Waals surface area contributed by atoms with Gasteiger partial charge in [0.25, 0.3) is 0 Å². The Balaban J connectivity index is 2.22. The van der Waals surface area contributed by atoms with Crippen LogP contribution in [0.5, 0.6) is 0 Å². The molecule has 0 radical (unpaired) electrons. The highest BCUT2D eigenvalue weighted by Gasteiger charge is 2.33. The summed E-state index contributed by atoms with van der Waals surface area (Å²) in [5.74, 6) is 3.51. The zero-order valence-corrected chi connectivity index (χ0v) is 13.0. The van der Waals surface area contributed by atoms with Gasteiger partial charge in [-0.05, 0) is 51.5 Å². The first-order chi connectivity index (χ1) is 9.02. The van der Waals surface area contributed by atoms with Gasteiger partial charge in [-0.1, -0.05) is 20.8 Å². The van der Waals surface area contributed by atoms with Crippen molar-refractivity contribution in [1.82, 2.24) is 20.1 Å². The summed E-state index contributed by atoms with van der Waals surface area (Å²) < 4.78 is 2.16. The summed E-state index contributed by atoms with van der Waals surface area (Å²) in [6.07, 6.45) is 3.80. The second-order valence-electron chi connectivity index (χ2n) is 6.20. The van der Waals surface area contributed by atoms with E-state index < -0.39 is 0 Å². The molecule has 1 fully saturated rings. The van der Waals surface area contributed by atoms with Crippen molar-refractivity contribution in [2.24, 2.45) is 11.8 Å². The third kappa shape index (κ3) is 3.16. The molecule has 1 aromatic heterocycles. The average Bonchev–Trinajstić information content (AvgIpc) is 2.69. The summed E-state index contributed by atoms with van der Waals surface area (Å²) in [5, 5.41) is 8.27. The van der Waals surface area contributed by atoms with Crippen LogP contribution in [0, 0.1) is 25.7 Å². The normalized spacial score (nSPS) is 28.0. The van der Waals surface area contributed by atoms with E-state index in [4.69, 9.17) is 0 Å². The molecule has 0 aliphatic heterocycles. The van der Waals surface area contributed by atoms with E-state index in [2.05, 4.69) is 47.8 Å². The van der Waals surface area contributed by atoms with Crippen molar-refractivity contribution in [1.29, 1.82) is 0 Å². The van der Waals surface area contributed by atoms with Crippen molar-refractivity contribution in [3.8, 4) is 0 Å². The molecule has 1 saturated carbocycles. The number of aryl methyl sites for hydroxylation is 2. The molecule has 0 saturated heterocycles. The molecule has 2 rings (SSSR count). The van der Waals surface area contributed by atoms with E-state index in [-0.39, 0.29) is 0 Å². The Labute approximate surface area is 117 Å². The Morgan fingerprint density at radius 3 is 2.58 bits per heavy atom. The molecule has 0 bridgehead atoms. The number of hydrogen-bond donors (Lipinski definition) is 1. The number of nitrogens with zero attached hydrogens (tertiary/aromatic N) is 3. The molecule has 4 nitrogen and oxygen atoms in total. The summed E-state index contributed by atoms with van der Waals surface area (Å²) in [6.45, 7) is 11.9. The third-order valence-electron chi connectivity index (χ3n) is 4.49. The van der Waals surface area contributed by atoms with E-state index in [9.17, 15) is 0 Å². The molecule has 3 atom stereocenters. The van der Waals surface area contributed by atoms with Crippen LogP contribution in [0.4, 0.5) is 0 Å². The van der Waals surface area contributed by atoms with Crippen molar-refractivity contribution >= 4 is 0 Å². The number of rotatable bonds is 4. The summed E-state index contributed by atoms with van der Waals surface area (Å²) >= 11 is 0. The van der Waals surface area contributed by atoms with Crippen LogP contribution >= 0.6 is 0 Å². The van der Waals surface area contributed by atoms with Crippen LogP contribution in [0.3, 0.4) is 0 Å². The van der Waals surface area contributed by atoms with Gasteiger partial charge in [-0.3, -0.25) is 0 Å². The molecule has 4 heteroatoms. The first-order valence-electron chi connectivity index (χ1n) is 7.66. The Morgan fingerprint density at radius 2 is 2.05 bits per heavy atom. The quantitative estimate of drug-likeness (QED) is 0.909. The van der Waals surface area contributed by atoms with Gasteiger partial charge >= 0.3 is 0 Å². The van der Waals surface area contributed by atoms with Crippen LogP contribution in [-0.2, 0) is 0 Å². The topological polar surface area (TPSA) is 42.7 Å². The molecule has 3 unspecified atom stereocenters. The van der Waals surface area contributed by atoms with Crippen molar-refractivity contribution < 1.29 is 0 Å². The largest absolute Gasteiger partial charge is 0.312 e. The molecule has 1 aromatic rings. The van der Waals surface area contributed by atoms with Crippen molar-refractivity contribution in [2.75, 3.05) is 6.54 Å². The van der Waals surface area contributed by atoms with E-state index in [1.165, 1.54) is 19.3 Å². The summed E-state index contributed by atoms with van der Waals surface area (Å²) in [7, 11) is 0. The van der Waals surface area contributed by atoms with Crippen molar-refractivity contribution in [2.45, 2.75) is 66.0 Å². The molecular weight excluding hydrogens is 236 g/mol.